The van der Waals surface area contributed by atoms with Gasteiger partial charge in [-0.1, -0.05) is 18.2 Å². The molecule has 182 valence electrons. The molecule has 0 aliphatic carbocycles. The number of aromatic nitrogens is 5. The summed E-state index contributed by atoms with van der Waals surface area (Å²) in [4.78, 5) is 32.7. The fraction of sp³-hybridized carbons (Fsp3) is 0.192. The van der Waals surface area contributed by atoms with Crippen molar-refractivity contribution in [2.75, 3.05) is 13.1 Å². The van der Waals surface area contributed by atoms with Gasteiger partial charge in [-0.05, 0) is 24.3 Å². The van der Waals surface area contributed by atoms with Gasteiger partial charge < -0.3 is 20.0 Å². The van der Waals surface area contributed by atoms with E-state index in [2.05, 4.69) is 30.6 Å². The molecule has 10 heteroatoms. The standard InChI is InChI=1S/C26H24FN7O2/c27-19-6-3-11-30-21(19)15-31-26(35)22-16-36-24(33-22)9-13-28-12-8-23-32-20-7-1-5-18(25(20)34-23)17-4-2-10-29-14-17/h1-7,10-11,14,16,28H,8-9,12-13,15H2,(H,31,35)(H,32,34). The Hall–Kier alpha value is -4.44. The van der Waals surface area contributed by atoms with Crippen LogP contribution in [0.3, 0.4) is 0 Å². The van der Waals surface area contributed by atoms with Crippen molar-refractivity contribution < 1.29 is 13.6 Å². The minimum Gasteiger partial charge on any atom is -0.448 e. The topological polar surface area (TPSA) is 122 Å². The van der Waals surface area contributed by atoms with Gasteiger partial charge >= 0.3 is 0 Å². The van der Waals surface area contributed by atoms with Gasteiger partial charge in [0.05, 0.1) is 23.3 Å². The summed E-state index contributed by atoms with van der Waals surface area (Å²) in [5, 5.41) is 5.94. The first-order valence-electron chi connectivity index (χ1n) is 11.6. The van der Waals surface area contributed by atoms with Crippen molar-refractivity contribution in [2.45, 2.75) is 19.4 Å². The Morgan fingerprint density at radius 2 is 1.92 bits per heavy atom. The number of H-pyrrole nitrogens is 1. The first kappa shape index (κ1) is 23.3. The SMILES string of the molecule is O=C(NCc1ncccc1F)c1coc(CCNCCc2nc3c(-c4cccnc4)cccc3[nH]2)n1. The molecule has 3 N–H and O–H groups in total. The summed E-state index contributed by atoms with van der Waals surface area (Å²) >= 11 is 0. The van der Waals surface area contributed by atoms with Crippen LogP contribution in [0.4, 0.5) is 4.39 Å². The highest BCUT2D eigenvalue weighted by molar-refractivity contribution is 5.92. The fourth-order valence-electron chi connectivity index (χ4n) is 3.82. The first-order valence-corrected chi connectivity index (χ1v) is 11.6. The fourth-order valence-corrected chi connectivity index (χ4v) is 3.82. The summed E-state index contributed by atoms with van der Waals surface area (Å²) in [6, 6.07) is 12.8. The van der Waals surface area contributed by atoms with Crippen LogP contribution in [0, 0.1) is 5.82 Å². The highest BCUT2D eigenvalue weighted by atomic mass is 19.1. The van der Waals surface area contributed by atoms with E-state index >= 15 is 0 Å². The summed E-state index contributed by atoms with van der Waals surface area (Å²) in [6.45, 7) is 1.31. The molecule has 36 heavy (non-hydrogen) atoms. The van der Waals surface area contributed by atoms with Crippen LogP contribution >= 0.6 is 0 Å². The van der Waals surface area contributed by atoms with E-state index in [1.807, 2.05) is 36.5 Å². The number of amides is 1. The number of halogens is 1. The molecule has 4 aromatic heterocycles. The number of nitrogens with one attached hydrogen (secondary N) is 3. The molecule has 0 unspecified atom stereocenters. The zero-order valence-electron chi connectivity index (χ0n) is 19.4. The maximum Gasteiger partial charge on any atom is 0.273 e. The number of hydrogen-bond donors (Lipinski definition) is 3. The maximum atomic E-state index is 13.6. The van der Waals surface area contributed by atoms with Gasteiger partial charge in [0, 0.05) is 55.6 Å². The molecule has 0 bridgehead atoms. The lowest BCUT2D eigenvalue weighted by atomic mass is 10.1. The third kappa shape index (κ3) is 5.44. The minimum atomic E-state index is -0.471. The van der Waals surface area contributed by atoms with Crippen molar-refractivity contribution in [1.82, 2.24) is 35.6 Å². The number of aromatic amines is 1. The number of oxazole rings is 1. The van der Waals surface area contributed by atoms with Gasteiger partial charge in [0.1, 0.15) is 17.9 Å². The third-order valence-corrected chi connectivity index (χ3v) is 5.62. The van der Waals surface area contributed by atoms with Crippen LogP contribution in [0.5, 0.6) is 0 Å². The predicted molar refractivity (Wildman–Crippen MR) is 131 cm³/mol. The molecule has 0 radical (unpaired) electrons. The third-order valence-electron chi connectivity index (χ3n) is 5.62. The highest BCUT2D eigenvalue weighted by Crippen LogP contribution is 2.26. The summed E-state index contributed by atoms with van der Waals surface area (Å²) in [5.74, 6) is 0.426. The number of pyridine rings is 2. The Bertz CT molecular complexity index is 1470. The first-order chi connectivity index (χ1) is 17.7. The summed E-state index contributed by atoms with van der Waals surface area (Å²) < 4.78 is 19.0. The molecule has 0 fully saturated rings. The van der Waals surface area contributed by atoms with Crippen LogP contribution in [0.2, 0.25) is 0 Å². The number of benzene rings is 1. The van der Waals surface area contributed by atoms with E-state index in [1.54, 1.807) is 6.20 Å². The lowest BCUT2D eigenvalue weighted by Crippen LogP contribution is -2.24. The largest absolute Gasteiger partial charge is 0.448 e. The number of fused-ring (bicyclic) bond motifs is 1. The quantitative estimate of drug-likeness (QED) is 0.259. The number of carbonyl (C=O) groups is 1. The number of hydrogen-bond acceptors (Lipinski definition) is 7. The summed E-state index contributed by atoms with van der Waals surface area (Å²) in [7, 11) is 0. The maximum absolute atomic E-state index is 13.6. The Balaban J connectivity index is 1.09. The number of nitrogens with zero attached hydrogens (tertiary/aromatic N) is 4. The lowest BCUT2D eigenvalue weighted by molar-refractivity contribution is 0.0945. The smallest absolute Gasteiger partial charge is 0.273 e. The second-order valence-corrected chi connectivity index (χ2v) is 8.12. The molecule has 0 aliphatic heterocycles. The van der Waals surface area contributed by atoms with Crippen LogP contribution in [0.15, 0.2) is 71.7 Å². The molecule has 1 amide bonds. The predicted octanol–water partition coefficient (Wildman–Crippen LogP) is 3.45. The summed E-state index contributed by atoms with van der Waals surface area (Å²) in [6.07, 6.45) is 7.61. The van der Waals surface area contributed by atoms with Crippen molar-refractivity contribution >= 4 is 16.9 Å². The Labute approximate surface area is 206 Å². The van der Waals surface area contributed by atoms with E-state index in [-0.39, 0.29) is 17.9 Å². The zero-order chi connectivity index (χ0) is 24.7. The molecule has 5 rings (SSSR count). The van der Waals surface area contributed by atoms with Gasteiger partial charge in [-0.25, -0.2) is 14.4 Å². The Kier molecular flexibility index (Phi) is 7.04. The van der Waals surface area contributed by atoms with Crippen molar-refractivity contribution in [2.24, 2.45) is 0 Å². The van der Waals surface area contributed by atoms with Gasteiger partial charge in [0.2, 0.25) is 0 Å². The Morgan fingerprint density at radius 3 is 2.78 bits per heavy atom. The highest BCUT2D eigenvalue weighted by Gasteiger charge is 2.13. The summed E-state index contributed by atoms with van der Waals surface area (Å²) in [5.41, 5.74) is 4.30. The molecule has 0 aliphatic rings. The van der Waals surface area contributed by atoms with Crippen LogP contribution < -0.4 is 10.6 Å². The van der Waals surface area contributed by atoms with E-state index in [1.165, 1.54) is 24.6 Å². The van der Waals surface area contributed by atoms with Gasteiger partial charge in [0.15, 0.2) is 11.6 Å². The second kappa shape index (κ2) is 10.9. The average molecular weight is 486 g/mol. The van der Waals surface area contributed by atoms with Gasteiger partial charge in [-0.2, -0.15) is 0 Å². The van der Waals surface area contributed by atoms with Crippen LogP contribution in [-0.2, 0) is 19.4 Å². The van der Waals surface area contributed by atoms with E-state index in [0.29, 0.717) is 25.4 Å². The molecule has 4 heterocycles. The van der Waals surface area contributed by atoms with Gasteiger partial charge in [-0.15, -0.1) is 0 Å². The normalized spacial score (nSPS) is 11.1. The molecular formula is C26H24FN7O2. The number of para-hydroxylation sites is 1. The molecular weight excluding hydrogens is 461 g/mol. The molecule has 0 saturated heterocycles. The van der Waals surface area contributed by atoms with E-state index in [0.717, 1.165) is 34.4 Å². The second-order valence-electron chi connectivity index (χ2n) is 8.12. The lowest BCUT2D eigenvalue weighted by Gasteiger charge is -2.03. The van der Waals surface area contributed by atoms with Crippen molar-refractivity contribution in [1.29, 1.82) is 0 Å². The molecule has 0 saturated carbocycles. The molecule has 0 spiro atoms. The van der Waals surface area contributed by atoms with Gasteiger partial charge in [-0.3, -0.25) is 14.8 Å². The number of imidazole rings is 1. The van der Waals surface area contributed by atoms with E-state index in [9.17, 15) is 9.18 Å². The number of rotatable bonds is 10. The van der Waals surface area contributed by atoms with Crippen LogP contribution in [-0.4, -0.2) is 43.9 Å². The molecule has 9 nitrogen and oxygen atoms in total. The molecule has 5 aromatic rings. The van der Waals surface area contributed by atoms with Crippen molar-refractivity contribution in [3.05, 3.63) is 96.2 Å². The van der Waals surface area contributed by atoms with E-state index in [4.69, 9.17) is 9.40 Å². The minimum absolute atomic E-state index is 0.0270. The van der Waals surface area contributed by atoms with Crippen molar-refractivity contribution in [3.63, 3.8) is 0 Å². The van der Waals surface area contributed by atoms with Crippen molar-refractivity contribution in [3.8, 4) is 11.1 Å². The average Bonchev–Trinajstić information content (AvgIpc) is 3.55. The van der Waals surface area contributed by atoms with Crippen LogP contribution in [0.25, 0.3) is 22.2 Å². The van der Waals surface area contributed by atoms with Gasteiger partial charge in [0.25, 0.3) is 5.91 Å². The van der Waals surface area contributed by atoms with E-state index < -0.39 is 11.7 Å². The number of carbonyl (C=O) groups excluding carboxylic acids is 1. The molecule has 1 aromatic carbocycles. The monoisotopic (exact) mass is 485 g/mol. The molecule has 0 atom stereocenters. The Morgan fingerprint density at radius 1 is 1.03 bits per heavy atom. The zero-order valence-corrected chi connectivity index (χ0v) is 19.4. The van der Waals surface area contributed by atoms with Crippen LogP contribution in [0.1, 0.15) is 27.9 Å².